The molecule has 0 amide bonds. The van der Waals surface area contributed by atoms with Crippen molar-refractivity contribution in [3.05, 3.63) is 0 Å². The van der Waals surface area contributed by atoms with Crippen LogP contribution in [0.1, 0.15) is 53.9 Å². The summed E-state index contributed by atoms with van der Waals surface area (Å²) in [4.78, 5) is 13.2. The number of hydrogen-bond donors (Lipinski definition) is 1. The second-order valence-corrected chi connectivity index (χ2v) is 4.63. The van der Waals surface area contributed by atoms with E-state index in [2.05, 4.69) is 6.92 Å². The molecule has 0 aliphatic heterocycles. The SMILES string of the molecule is CC.CCCC[C@@H](C)C(O)C(C(C)=O)N(C)C. The number of ketones is 1. The predicted octanol–water partition coefficient (Wildman–Crippen LogP) is 2.72. The second kappa shape index (κ2) is 10.7. The molecule has 0 rings (SSSR count). The van der Waals surface area contributed by atoms with E-state index in [1.807, 2.05) is 34.9 Å². The van der Waals surface area contributed by atoms with E-state index in [0.717, 1.165) is 19.3 Å². The molecule has 17 heavy (non-hydrogen) atoms. The number of carbonyl (C=O) groups excluding carboxylic acids is 1. The van der Waals surface area contributed by atoms with Gasteiger partial charge in [-0.15, -0.1) is 0 Å². The van der Waals surface area contributed by atoms with Crippen LogP contribution in [0.5, 0.6) is 0 Å². The number of hydrogen-bond acceptors (Lipinski definition) is 3. The third-order valence-electron chi connectivity index (χ3n) is 2.89. The van der Waals surface area contributed by atoms with Crippen molar-refractivity contribution in [3.63, 3.8) is 0 Å². The molecule has 0 fully saturated rings. The quantitative estimate of drug-likeness (QED) is 0.750. The third-order valence-corrected chi connectivity index (χ3v) is 2.89. The van der Waals surface area contributed by atoms with Crippen LogP contribution in [0.4, 0.5) is 0 Å². The molecule has 0 saturated carbocycles. The van der Waals surface area contributed by atoms with Gasteiger partial charge in [0.2, 0.25) is 0 Å². The predicted molar refractivity (Wildman–Crippen MR) is 74.2 cm³/mol. The normalized spacial score (nSPS) is 15.8. The summed E-state index contributed by atoms with van der Waals surface area (Å²) in [5.74, 6) is 0.220. The van der Waals surface area contributed by atoms with E-state index >= 15 is 0 Å². The zero-order valence-corrected chi connectivity index (χ0v) is 12.7. The molecular weight excluding hydrogens is 214 g/mol. The number of rotatable bonds is 7. The summed E-state index contributed by atoms with van der Waals surface area (Å²) in [7, 11) is 3.67. The van der Waals surface area contributed by atoms with Crippen molar-refractivity contribution in [1.82, 2.24) is 4.90 Å². The molecule has 0 aliphatic carbocycles. The van der Waals surface area contributed by atoms with Gasteiger partial charge in [-0.05, 0) is 33.4 Å². The van der Waals surface area contributed by atoms with E-state index in [9.17, 15) is 9.90 Å². The van der Waals surface area contributed by atoms with E-state index in [0.29, 0.717) is 0 Å². The standard InChI is InChI=1S/C12H25NO2.C2H6/c1-6-7-8-9(2)12(15)11(10(3)14)13(4)5;1-2/h9,11-12,15H,6-8H2,1-5H3;1-2H3/t9-,11?,12?;/m1./s1. The van der Waals surface area contributed by atoms with Gasteiger partial charge >= 0.3 is 0 Å². The van der Waals surface area contributed by atoms with E-state index in [4.69, 9.17) is 0 Å². The summed E-state index contributed by atoms with van der Waals surface area (Å²) in [6.07, 6.45) is 2.67. The van der Waals surface area contributed by atoms with Crippen LogP contribution in [0.3, 0.4) is 0 Å². The average molecular weight is 245 g/mol. The van der Waals surface area contributed by atoms with Gasteiger partial charge in [0.25, 0.3) is 0 Å². The Morgan fingerprint density at radius 1 is 1.29 bits per heavy atom. The van der Waals surface area contributed by atoms with Crippen molar-refractivity contribution >= 4 is 5.78 Å². The summed E-state index contributed by atoms with van der Waals surface area (Å²) in [6.45, 7) is 9.69. The van der Waals surface area contributed by atoms with Gasteiger partial charge in [-0.1, -0.05) is 40.5 Å². The lowest BCUT2D eigenvalue weighted by molar-refractivity contribution is -0.126. The second-order valence-electron chi connectivity index (χ2n) is 4.63. The Balaban J connectivity index is 0. The van der Waals surface area contributed by atoms with E-state index in [1.54, 1.807) is 11.8 Å². The van der Waals surface area contributed by atoms with Crippen LogP contribution in [0.15, 0.2) is 0 Å². The molecule has 0 aliphatic rings. The number of carbonyl (C=O) groups is 1. The highest BCUT2D eigenvalue weighted by Crippen LogP contribution is 2.17. The molecule has 0 radical (unpaired) electrons. The van der Waals surface area contributed by atoms with Crippen molar-refractivity contribution in [2.75, 3.05) is 14.1 Å². The van der Waals surface area contributed by atoms with Gasteiger partial charge in [0.1, 0.15) is 5.78 Å². The lowest BCUT2D eigenvalue weighted by atomic mass is 9.91. The minimum atomic E-state index is -0.552. The fourth-order valence-corrected chi connectivity index (χ4v) is 1.92. The molecule has 104 valence electrons. The zero-order chi connectivity index (χ0) is 14.0. The van der Waals surface area contributed by atoms with Gasteiger partial charge in [0.05, 0.1) is 12.1 Å². The molecule has 0 bridgehead atoms. The Morgan fingerprint density at radius 2 is 1.76 bits per heavy atom. The van der Waals surface area contributed by atoms with Crippen LogP contribution in [-0.2, 0) is 4.79 Å². The minimum absolute atomic E-state index is 0.0378. The van der Waals surface area contributed by atoms with E-state index < -0.39 is 6.10 Å². The summed E-state index contributed by atoms with van der Waals surface area (Å²) >= 11 is 0. The molecule has 0 aromatic rings. The Bertz CT molecular complexity index is 193. The lowest BCUT2D eigenvalue weighted by Gasteiger charge is -2.30. The van der Waals surface area contributed by atoms with Crippen molar-refractivity contribution in [2.45, 2.75) is 66.0 Å². The molecule has 0 aromatic carbocycles. The average Bonchev–Trinajstić information content (AvgIpc) is 2.27. The molecule has 2 unspecified atom stereocenters. The van der Waals surface area contributed by atoms with Gasteiger partial charge < -0.3 is 5.11 Å². The van der Waals surface area contributed by atoms with Crippen LogP contribution >= 0.6 is 0 Å². The highest BCUT2D eigenvalue weighted by Gasteiger charge is 2.29. The van der Waals surface area contributed by atoms with Crippen molar-refractivity contribution in [2.24, 2.45) is 5.92 Å². The van der Waals surface area contributed by atoms with Gasteiger partial charge in [-0.3, -0.25) is 9.69 Å². The van der Waals surface area contributed by atoms with Gasteiger partial charge in [0.15, 0.2) is 0 Å². The van der Waals surface area contributed by atoms with Crippen LogP contribution < -0.4 is 0 Å². The number of likely N-dealkylation sites (N-methyl/N-ethyl adjacent to an activating group) is 1. The molecular formula is C14H31NO2. The third kappa shape index (κ3) is 7.50. The maximum Gasteiger partial charge on any atom is 0.149 e. The van der Waals surface area contributed by atoms with Gasteiger partial charge in [-0.2, -0.15) is 0 Å². The van der Waals surface area contributed by atoms with E-state index in [1.165, 1.54) is 0 Å². The molecule has 0 aromatic heterocycles. The summed E-state index contributed by atoms with van der Waals surface area (Å²) in [5, 5.41) is 10.1. The first kappa shape index (κ1) is 18.9. The molecule has 0 heterocycles. The van der Waals surface area contributed by atoms with Crippen molar-refractivity contribution in [3.8, 4) is 0 Å². The molecule has 3 heteroatoms. The monoisotopic (exact) mass is 245 g/mol. The lowest BCUT2D eigenvalue weighted by Crippen LogP contribution is -2.47. The van der Waals surface area contributed by atoms with Crippen molar-refractivity contribution in [1.29, 1.82) is 0 Å². The fourth-order valence-electron chi connectivity index (χ4n) is 1.92. The fraction of sp³-hybridized carbons (Fsp3) is 0.929. The molecule has 3 nitrogen and oxygen atoms in total. The Labute approximate surface area is 107 Å². The zero-order valence-electron chi connectivity index (χ0n) is 12.7. The van der Waals surface area contributed by atoms with Crippen molar-refractivity contribution < 1.29 is 9.90 Å². The summed E-state index contributed by atoms with van der Waals surface area (Å²) in [6, 6.07) is -0.364. The smallest absolute Gasteiger partial charge is 0.149 e. The molecule has 0 saturated heterocycles. The van der Waals surface area contributed by atoms with E-state index in [-0.39, 0.29) is 17.7 Å². The van der Waals surface area contributed by atoms with Crippen LogP contribution in [0.25, 0.3) is 0 Å². The number of aliphatic hydroxyl groups is 1. The Hall–Kier alpha value is -0.410. The largest absolute Gasteiger partial charge is 0.391 e. The summed E-state index contributed by atoms with van der Waals surface area (Å²) in [5.41, 5.74) is 0. The highest BCUT2D eigenvalue weighted by atomic mass is 16.3. The van der Waals surface area contributed by atoms with Crippen LogP contribution in [0.2, 0.25) is 0 Å². The number of aliphatic hydroxyl groups excluding tert-OH is 1. The summed E-state index contributed by atoms with van der Waals surface area (Å²) < 4.78 is 0. The molecule has 0 spiro atoms. The first-order valence-electron chi connectivity index (χ1n) is 6.76. The maximum atomic E-state index is 11.4. The first-order chi connectivity index (χ1) is 7.91. The van der Waals surface area contributed by atoms with Gasteiger partial charge in [-0.25, -0.2) is 0 Å². The molecule has 3 atom stereocenters. The maximum absolute atomic E-state index is 11.4. The van der Waals surface area contributed by atoms with Crippen LogP contribution in [-0.4, -0.2) is 42.0 Å². The minimum Gasteiger partial charge on any atom is -0.391 e. The van der Waals surface area contributed by atoms with Gasteiger partial charge in [0, 0.05) is 0 Å². The Kier molecular flexibility index (Phi) is 12.0. The molecule has 1 N–H and O–H groups in total. The topological polar surface area (TPSA) is 40.5 Å². The Morgan fingerprint density at radius 3 is 2.06 bits per heavy atom. The number of Topliss-reactive ketones (excluding diaryl/α,β-unsaturated/α-hetero) is 1. The highest BCUT2D eigenvalue weighted by molar-refractivity contribution is 5.82. The number of unbranched alkanes of at least 4 members (excludes halogenated alkanes) is 1. The first-order valence-corrected chi connectivity index (χ1v) is 6.76. The van der Waals surface area contributed by atoms with Crippen LogP contribution in [0, 0.1) is 5.92 Å². The number of nitrogens with zero attached hydrogens (tertiary/aromatic N) is 1.